The van der Waals surface area contributed by atoms with Crippen LogP contribution in [-0.4, -0.2) is 21.4 Å². The predicted octanol–water partition coefficient (Wildman–Crippen LogP) is 3.57. The molecule has 1 aromatic heterocycles. The van der Waals surface area contributed by atoms with Crippen molar-refractivity contribution >= 4 is 23.2 Å². The number of anilines is 1. The van der Waals surface area contributed by atoms with E-state index in [1.165, 1.54) is 18.2 Å². The molecule has 0 saturated heterocycles. The van der Waals surface area contributed by atoms with Gasteiger partial charge in [-0.2, -0.15) is 4.98 Å². The van der Waals surface area contributed by atoms with E-state index in [2.05, 4.69) is 15.3 Å². The van der Waals surface area contributed by atoms with Crippen LogP contribution in [0, 0.1) is 17.0 Å². The maximum Gasteiger partial charge on any atom is 0.313 e. The normalized spacial score (nSPS) is 10.2. The lowest BCUT2D eigenvalue weighted by molar-refractivity contribution is -0.385. The first-order valence-corrected chi connectivity index (χ1v) is 6.58. The van der Waals surface area contributed by atoms with E-state index in [1.807, 2.05) is 6.92 Å². The van der Waals surface area contributed by atoms with Crippen LogP contribution in [0.15, 0.2) is 24.4 Å². The highest BCUT2D eigenvalue weighted by atomic mass is 35.5. The number of nitrogens with zero attached hydrogens (tertiary/aromatic N) is 3. The van der Waals surface area contributed by atoms with Crippen molar-refractivity contribution < 1.29 is 9.66 Å². The van der Waals surface area contributed by atoms with Crippen LogP contribution >= 0.6 is 11.6 Å². The summed E-state index contributed by atoms with van der Waals surface area (Å²) in [5, 5.41) is 14.3. The number of nitro groups is 1. The summed E-state index contributed by atoms with van der Waals surface area (Å²) in [5.74, 6) is 0.731. The quantitative estimate of drug-likeness (QED) is 0.670. The maximum absolute atomic E-state index is 11.0. The number of halogens is 1. The number of aryl methyl sites for hydroxylation is 1. The first-order valence-electron chi connectivity index (χ1n) is 6.20. The van der Waals surface area contributed by atoms with Crippen LogP contribution in [0.1, 0.15) is 12.5 Å². The van der Waals surface area contributed by atoms with Gasteiger partial charge in [0.2, 0.25) is 17.6 Å². The molecule has 0 amide bonds. The molecule has 2 aromatic rings. The highest BCUT2D eigenvalue weighted by Crippen LogP contribution is 2.34. The molecule has 1 heterocycles. The van der Waals surface area contributed by atoms with Gasteiger partial charge in [-0.05, 0) is 26.0 Å². The second kappa shape index (κ2) is 6.36. The van der Waals surface area contributed by atoms with Gasteiger partial charge in [0.15, 0.2) is 0 Å². The van der Waals surface area contributed by atoms with Crippen LogP contribution in [0.25, 0.3) is 0 Å². The lowest BCUT2D eigenvalue weighted by Crippen LogP contribution is -2.04. The molecule has 1 aromatic carbocycles. The molecule has 0 aliphatic rings. The first kappa shape index (κ1) is 15.0. The minimum Gasteiger partial charge on any atom is -0.431 e. The van der Waals surface area contributed by atoms with Gasteiger partial charge in [0.1, 0.15) is 0 Å². The van der Waals surface area contributed by atoms with Crippen LogP contribution in [0.4, 0.5) is 11.6 Å². The average molecular weight is 309 g/mol. The zero-order valence-electron chi connectivity index (χ0n) is 11.5. The fourth-order valence-electron chi connectivity index (χ4n) is 1.60. The predicted molar refractivity (Wildman–Crippen MR) is 79.1 cm³/mol. The number of ether oxygens (including phenoxy) is 1. The molecule has 0 bridgehead atoms. The number of hydrogen-bond acceptors (Lipinski definition) is 6. The molecule has 8 heteroatoms. The van der Waals surface area contributed by atoms with Crippen LogP contribution in [0.5, 0.6) is 11.6 Å². The fraction of sp³-hybridized carbons (Fsp3) is 0.231. The molecule has 0 aliphatic heterocycles. The summed E-state index contributed by atoms with van der Waals surface area (Å²) in [5.41, 5.74) is 0.450. The van der Waals surface area contributed by atoms with E-state index in [0.717, 1.165) is 0 Å². The summed E-state index contributed by atoms with van der Waals surface area (Å²) in [6.07, 6.45) is 1.59. The van der Waals surface area contributed by atoms with E-state index in [0.29, 0.717) is 18.1 Å². The standard InChI is InChI=1S/C13H13ClN4O3/c1-3-15-13-16-7-8(2)12(17-13)21-11-5-4-9(14)6-10(11)18(19)20/h4-7H,3H2,1-2H3,(H,15,16,17). The number of benzene rings is 1. The molecule has 7 nitrogen and oxygen atoms in total. The molecule has 0 saturated carbocycles. The molecule has 1 N–H and O–H groups in total. The Bertz CT molecular complexity index is 678. The van der Waals surface area contributed by atoms with Gasteiger partial charge in [-0.25, -0.2) is 4.98 Å². The summed E-state index contributed by atoms with van der Waals surface area (Å²) in [7, 11) is 0. The SMILES string of the molecule is CCNc1ncc(C)c(Oc2ccc(Cl)cc2[N+](=O)[O-])n1. The molecule has 0 unspecified atom stereocenters. The van der Waals surface area contributed by atoms with E-state index < -0.39 is 4.92 Å². The van der Waals surface area contributed by atoms with Crippen molar-refractivity contribution in [3.8, 4) is 11.6 Å². The lowest BCUT2D eigenvalue weighted by Gasteiger charge is -2.09. The molecule has 21 heavy (non-hydrogen) atoms. The number of nitrogens with one attached hydrogen (secondary N) is 1. The van der Waals surface area contributed by atoms with Crippen molar-refractivity contribution in [3.05, 3.63) is 45.1 Å². The highest BCUT2D eigenvalue weighted by molar-refractivity contribution is 6.30. The third-order valence-electron chi connectivity index (χ3n) is 2.58. The Morgan fingerprint density at radius 2 is 2.24 bits per heavy atom. The van der Waals surface area contributed by atoms with Gasteiger partial charge in [0.05, 0.1) is 4.92 Å². The Labute approximate surface area is 126 Å². The minimum atomic E-state index is -0.553. The molecule has 0 spiro atoms. The Balaban J connectivity index is 2.38. The van der Waals surface area contributed by atoms with Gasteiger partial charge in [-0.3, -0.25) is 10.1 Å². The monoisotopic (exact) mass is 308 g/mol. The van der Waals surface area contributed by atoms with Crippen molar-refractivity contribution in [1.29, 1.82) is 0 Å². The molecule has 0 fully saturated rings. The Kier molecular flexibility index (Phi) is 4.54. The Morgan fingerprint density at radius 3 is 2.90 bits per heavy atom. The van der Waals surface area contributed by atoms with Gasteiger partial charge in [0.25, 0.3) is 0 Å². The Morgan fingerprint density at radius 1 is 1.48 bits per heavy atom. The van der Waals surface area contributed by atoms with Crippen molar-refractivity contribution in [3.63, 3.8) is 0 Å². The van der Waals surface area contributed by atoms with E-state index in [1.54, 1.807) is 13.1 Å². The van der Waals surface area contributed by atoms with Gasteiger partial charge < -0.3 is 10.1 Å². The Hall–Kier alpha value is -2.41. The third kappa shape index (κ3) is 3.57. The van der Waals surface area contributed by atoms with Crippen LogP contribution in [-0.2, 0) is 0 Å². The minimum absolute atomic E-state index is 0.0775. The smallest absolute Gasteiger partial charge is 0.313 e. The lowest BCUT2D eigenvalue weighted by atomic mass is 10.3. The largest absolute Gasteiger partial charge is 0.431 e. The highest BCUT2D eigenvalue weighted by Gasteiger charge is 2.18. The van der Waals surface area contributed by atoms with Gasteiger partial charge in [0, 0.05) is 29.4 Å². The number of nitro benzene ring substituents is 1. The van der Waals surface area contributed by atoms with Crippen LogP contribution in [0.3, 0.4) is 0 Å². The number of aromatic nitrogens is 2. The molecule has 2 rings (SSSR count). The third-order valence-corrected chi connectivity index (χ3v) is 2.82. The second-order valence-electron chi connectivity index (χ2n) is 4.18. The molecular weight excluding hydrogens is 296 g/mol. The van der Waals surface area contributed by atoms with Crippen molar-refractivity contribution in [1.82, 2.24) is 9.97 Å². The molecule has 110 valence electrons. The summed E-state index contributed by atoms with van der Waals surface area (Å²) < 4.78 is 5.55. The number of rotatable bonds is 5. The van der Waals surface area contributed by atoms with Crippen LogP contribution < -0.4 is 10.1 Å². The molecule has 0 atom stereocenters. The topological polar surface area (TPSA) is 90.2 Å². The van der Waals surface area contributed by atoms with Crippen LogP contribution in [0.2, 0.25) is 5.02 Å². The summed E-state index contributed by atoms with van der Waals surface area (Å²) in [6, 6.07) is 4.19. The van der Waals surface area contributed by atoms with Gasteiger partial charge >= 0.3 is 5.69 Å². The number of hydrogen-bond donors (Lipinski definition) is 1. The zero-order valence-corrected chi connectivity index (χ0v) is 12.2. The summed E-state index contributed by atoms with van der Waals surface area (Å²) in [4.78, 5) is 18.8. The fourth-order valence-corrected chi connectivity index (χ4v) is 1.76. The van der Waals surface area contributed by atoms with Gasteiger partial charge in [-0.1, -0.05) is 11.6 Å². The van der Waals surface area contributed by atoms with E-state index in [-0.39, 0.29) is 22.3 Å². The van der Waals surface area contributed by atoms with E-state index in [4.69, 9.17) is 16.3 Å². The van der Waals surface area contributed by atoms with Crippen molar-refractivity contribution in [2.45, 2.75) is 13.8 Å². The summed E-state index contributed by atoms with van der Waals surface area (Å²) >= 11 is 5.77. The molecular formula is C13H13ClN4O3. The van der Waals surface area contributed by atoms with Crippen molar-refractivity contribution in [2.24, 2.45) is 0 Å². The second-order valence-corrected chi connectivity index (χ2v) is 4.62. The molecule has 0 aliphatic carbocycles. The van der Waals surface area contributed by atoms with Crippen molar-refractivity contribution in [2.75, 3.05) is 11.9 Å². The van der Waals surface area contributed by atoms with E-state index >= 15 is 0 Å². The average Bonchev–Trinajstić information content (AvgIpc) is 2.44. The van der Waals surface area contributed by atoms with E-state index in [9.17, 15) is 10.1 Å². The first-order chi connectivity index (χ1) is 10.0. The maximum atomic E-state index is 11.0. The summed E-state index contributed by atoms with van der Waals surface area (Å²) in [6.45, 7) is 4.32. The molecule has 0 radical (unpaired) electrons. The zero-order chi connectivity index (χ0) is 15.4. The van der Waals surface area contributed by atoms with Gasteiger partial charge in [-0.15, -0.1) is 0 Å².